The third-order valence-corrected chi connectivity index (χ3v) is 23.5. The number of aryl methyl sites for hydroxylation is 2. The summed E-state index contributed by atoms with van der Waals surface area (Å²) >= 11 is 0. The first-order chi connectivity index (χ1) is 59.2. The quantitative estimate of drug-likeness (QED) is 0.00904. The SMILES string of the molecule is CO[C@H]1C[C@@H]2CC[C@@H](C)[C@@](O)(O2)C(=O)C(=O)N2CCCC[C@H]2C(=O)O[C@H]([C@H](N)C[C@@H]2CC[C@H](n3cc(CCCC(=O)NCCOCCOCCOCCC(=O)NCCOCCOCCC(=O)NCCCCn4nc(-c5cc6cc(O)ccc6[nH]5)c5c(N)ncnc54)nn3)[C@H](OC)C2)CC(=O)[C@H](C)/C=C(\C)[C@@H](O)[C@@H](O)C(=O)[C@H](C)C[C@H](C)/C=C/C=CC=C1C. The van der Waals surface area contributed by atoms with Gasteiger partial charge in [-0.05, 0) is 151 Å². The van der Waals surface area contributed by atoms with E-state index in [9.17, 15) is 58.8 Å². The predicted molar refractivity (Wildman–Crippen MR) is 455 cm³/mol. The number of cyclic esters (lactones) is 1. The topological polar surface area (TPSA) is 482 Å². The number of aromatic amines is 1. The number of phenols is 1. The molecule has 5 aromatic rings. The summed E-state index contributed by atoms with van der Waals surface area (Å²) in [6.45, 7) is 14.8. The van der Waals surface area contributed by atoms with Gasteiger partial charge in [0, 0.05) is 120 Å². The van der Waals surface area contributed by atoms with Crippen LogP contribution in [0.25, 0.3) is 33.3 Å². The molecule has 1 aliphatic carbocycles. The molecule has 678 valence electrons. The third kappa shape index (κ3) is 29.2. The Hall–Kier alpha value is -9.11. The van der Waals surface area contributed by atoms with Gasteiger partial charge in [-0.2, -0.15) is 5.10 Å². The summed E-state index contributed by atoms with van der Waals surface area (Å²) in [6.07, 6.45) is 15.3. The molecule has 1 aromatic carbocycles. The highest BCUT2D eigenvalue weighted by Gasteiger charge is 2.53. The summed E-state index contributed by atoms with van der Waals surface area (Å²) in [6, 6.07) is 4.57. The highest BCUT2D eigenvalue weighted by atomic mass is 16.6. The van der Waals surface area contributed by atoms with Crippen molar-refractivity contribution in [3.05, 3.63) is 90.1 Å². The number of nitrogens with two attached hydrogens (primary N) is 2. The second kappa shape index (κ2) is 49.5. The van der Waals surface area contributed by atoms with E-state index in [0.717, 1.165) is 33.5 Å². The molecule has 0 spiro atoms. The number of nitrogens with one attached hydrogen (secondary N) is 4. The lowest BCUT2D eigenvalue weighted by Crippen LogP contribution is -2.61. The maximum atomic E-state index is 14.7. The third-order valence-electron chi connectivity index (χ3n) is 23.5. The number of nitrogens with zero attached hydrogens (tertiary/aromatic N) is 8. The number of hydrogen-bond donors (Lipinski definition) is 10. The molecule has 0 radical (unpaired) electrons. The number of fused-ring (bicyclic) bond motifs is 5. The summed E-state index contributed by atoms with van der Waals surface area (Å²) in [7, 11) is 3.16. The molecule has 2 bridgehead atoms. The number of hydrogen-bond acceptors (Lipinski definition) is 28. The van der Waals surface area contributed by atoms with Crippen LogP contribution in [-0.2, 0) is 94.0 Å². The second-order valence-electron chi connectivity index (χ2n) is 32.9. The van der Waals surface area contributed by atoms with Crippen LogP contribution >= 0.6 is 0 Å². The molecular weight excluding hydrogens is 1590 g/mol. The number of carbonyl (C=O) groups excluding carboxylic acids is 8. The minimum atomic E-state index is -2.51. The molecule has 4 aliphatic rings. The summed E-state index contributed by atoms with van der Waals surface area (Å²) in [5.74, 6) is -9.09. The van der Waals surface area contributed by atoms with Crippen molar-refractivity contribution in [1.29, 1.82) is 0 Å². The van der Waals surface area contributed by atoms with E-state index in [-0.39, 0.29) is 124 Å². The van der Waals surface area contributed by atoms with Gasteiger partial charge in [-0.25, -0.2) is 24.1 Å². The van der Waals surface area contributed by atoms with Crippen molar-refractivity contribution in [3.63, 3.8) is 0 Å². The lowest BCUT2D eigenvalue weighted by molar-refractivity contribution is -0.265. The van der Waals surface area contributed by atoms with E-state index in [4.69, 9.17) is 59.2 Å². The number of unbranched alkanes of at least 4 members (excludes halogenated alkanes) is 1. The number of ketones is 3. The summed E-state index contributed by atoms with van der Waals surface area (Å²) in [5, 5.41) is 68.3. The molecule has 3 aliphatic heterocycles. The van der Waals surface area contributed by atoms with Crippen LogP contribution in [0.4, 0.5) is 5.82 Å². The normalized spacial score (nSPS) is 26.2. The van der Waals surface area contributed by atoms with Crippen molar-refractivity contribution in [3.8, 4) is 17.1 Å². The van der Waals surface area contributed by atoms with E-state index in [2.05, 4.69) is 41.2 Å². The van der Waals surface area contributed by atoms with E-state index in [0.29, 0.717) is 171 Å². The Labute approximate surface area is 718 Å². The summed E-state index contributed by atoms with van der Waals surface area (Å²) in [5.41, 5.74) is 17.9. The van der Waals surface area contributed by atoms with Crippen LogP contribution in [0.1, 0.15) is 169 Å². The Bertz CT molecular complexity index is 4390. The standard InChI is InChI=1S/C88H130N14O21/c1-55-17-10-9-11-18-56(2)72(115-7)51-65-25-22-60(6)88(114,123-65)83(111)86(112)100-33-14-12-20-70(100)87(113)122-73(52-71(104)57(3)46-59(5)81(109)82(110)80(108)58(4)45-55)66(89)47-61-23-27-69(74(48-61)116-8)102-53-63(97-99-102)19-16-21-75(105)92-31-37-120-42-44-121-43-40-118-36-29-77(107)93-32-38-119-41-39-117-35-28-76(106)91-30-13-15-34-101-85-78(84(90)94-54-95-85)79(98-101)68-50-62-49-64(103)24-26-67(62)96-68/h9-11,17-18,24,26,46,49-50,53-55,57-58,60-61,65-66,69-70,72-74,81-82,96,103,109-110,114H,12-16,19-23,25,27-45,47-48,51-52,89H2,1-8H3,(H,91,106)(H,92,105)(H,93,107)(H2,90,94,95)/b11-9?,17-10+,56-18?,59-46+/t55-,57-,58-,60-,61+,65+,66-,69+,70+,72+,73+,74-,81-,82+,88-/m1/s1. The lowest BCUT2D eigenvalue weighted by atomic mass is 9.79. The van der Waals surface area contributed by atoms with E-state index in [1.165, 1.54) is 19.3 Å². The van der Waals surface area contributed by atoms with Crippen LogP contribution in [0.2, 0.25) is 0 Å². The first-order valence-electron chi connectivity index (χ1n) is 43.4. The van der Waals surface area contributed by atoms with Gasteiger partial charge in [0.15, 0.2) is 11.4 Å². The zero-order valence-corrected chi connectivity index (χ0v) is 72.5. The largest absolute Gasteiger partial charge is 0.508 e. The van der Waals surface area contributed by atoms with Gasteiger partial charge in [0.05, 0.1) is 107 Å². The average Bonchev–Trinajstić information content (AvgIpc) is 1.73. The summed E-state index contributed by atoms with van der Waals surface area (Å²) < 4.78 is 55.9. The molecule has 35 heteroatoms. The lowest BCUT2D eigenvalue weighted by Gasteiger charge is -2.42. The highest BCUT2D eigenvalue weighted by molar-refractivity contribution is 6.39. The first kappa shape index (κ1) is 97.7. The number of aliphatic hydroxyl groups is 3. The molecule has 1 saturated carbocycles. The number of Topliss-reactive ketones (excluding diaryl/α,β-unsaturated/α-hetero) is 3. The fraction of sp³-hybridized carbons (Fsp3) is 0.648. The van der Waals surface area contributed by atoms with Crippen LogP contribution in [0, 0.1) is 29.6 Å². The van der Waals surface area contributed by atoms with Crippen LogP contribution in [0.5, 0.6) is 5.75 Å². The number of allylic oxidation sites excluding steroid dienone is 6. The van der Waals surface area contributed by atoms with Crippen molar-refractivity contribution in [1.82, 2.24) is 60.6 Å². The van der Waals surface area contributed by atoms with Crippen molar-refractivity contribution in [2.24, 2.45) is 35.3 Å². The van der Waals surface area contributed by atoms with Crippen molar-refractivity contribution in [2.45, 2.75) is 231 Å². The van der Waals surface area contributed by atoms with Gasteiger partial charge in [0.25, 0.3) is 11.7 Å². The molecule has 12 N–H and O–H groups in total. The maximum absolute atomic E-state index is 14.7. The Morgan fingerprint density at radius 3 is 2.12 bits per heavy atom. The molecular formula is C88H130N14O21. The highest BCUT2D eigenvalue weighted by Crippen LogP contribution is 2.40. The molecule has 0 unspecified atom stereocenters. The molecule has 4 aromatic heterocycles. The number of rotatable bonds is 37. The number of H-pyrrole nitrogens is 1. The number of phenolic OH excluding ortho intramolecular Hbond substituents is 1. The molecule has 123 heavy (non-hydrogen) atoms. The molecule has 3 fully saturated rings. The zero-order valence-electron chi connectivity index (χ0n) is 72.5. The minimum Gasteiger partial charge on any atom is -0.508 e. The number of aromatic nitrogens is 8. The van der Waals surface area contributed by atoms with Gasteiger partial charge in [-0.15, -0.1) is 5.10 Å². The molecule has 7 heterocycles. The van der Waals surface area contributed by atoms with E-state index >= 15 is 0 Å². The number of aliphatic hydroxyl groups excluding tert-OH is 2. The van der Waals surface area contributed by atoms with Crippen LogP contribution in [0.15, 0.2) is 84.4 Å². The number of aromatic hydroxyl groups is 1. The fourth-order valence-corrected chi connectivity index (χ4v) is 16.2. The molecule has 15 atom stereocenters. The van der Waals surface area contributed by atoms with E-state index < -0.39 is 95.4 Å². The smallest absolute Gasteiger partial charge is 0.329 e. The van der Waals surface area contributed by atoms with Gasteiger partial charge in [-0.1, -0.05) is 69.4 Å². The number of methoxy groups -OCH3 is 2. The van der Waals surface area contributed by atoms with Crippen LogP contribution in [0.3, 0.4) is 0 Å². The molecule has 9 rings (SSSR count). The Balaban J connectivity index is 0.621. The number of nitrogen functional groups attached to an aromatic ring is 1. The Morgan fingerprint density at radius 1 is 0.740 bits per heavy atom. The second-order valence-corrected chi connectivity index (χ2v) is 32.9. The number of anilines is 1. The van der Waals surface area contributed by atoms with Gasteiger partial charge >= 0.3 is 5.97 Å². The van der Waals surface area contributed by atoms with Crippen molar-refractivity contribution < 1.29 is 101 Å². The van der Waals surface area contributed by atoms with Gasteiger partial charge in [0.1, 0.15) is 53.7 Å². The van der Waals surface area contributed by atoms with E-state index in [1.807, 2.05) is 56.5 Å². The average molecular weight is 1720 g/mol. The molecule has 35 nitrogen and oxygen atoms in total. The number of carbonyl (C=O) groups is 8. The minimum absolute atomic E-state index is 0.00775. The number of ether oxygens (including phenoxy) is 9. The monoisotopic (exact) mass is 1720 g/mol. The molecule has 2 saturated heterocycles. The summed E-state index contributed by atoms with van der Waals surface area (Å²) in [4.78, 5) is 122. The fourth-order valence-electron chi connectivity index (χ4n) is 16.2. The number of amides is 4. The first-order valence-corrected chi connectivity index (χ1v) is 43.4. The Kier molecular flexibility index (Phi) is 39.4. The van der Waals surface area contributed by atoms with Crippen molar-refractivity contribution >= 4 is 74.7 Å². The van der Waals surface area contributed by atoms with Crippen LogP contribution < -0.4 is 27.4 Å². The van der Waals surface area contributed by atoms with E-state index in [1.54, 1.807) is 62.6 Å². The van der Waals surface area contributed by atoms with Gasteiger partial charge < -0.3 is 100 Å². The maximum Gasteiger partial charge on any atom is 0.329 e. The number of benzene rings is 1. The molecule has 4 amide bonds. The van der Waals surface area contributed by atoms with Crippen LogP contribution in [-0.4, -0.2) is 273 Å². The number of esters is 1. The van der Waals surface area contributed by atoms with Crippen molar-refractivity contribution in [2.75, 3.05) is 112 Å². The predicted octanol–water partition coefficient (Wildman–Crippen LogP) is 6.28. The zero-order chi connectivity index (χ0) is 88.5. The number of piperidine rings is 1. The van der Waals surface area contributed by atoms with Gasteiger partial charge in [0.2, 0.25) is 23.5 Å². The van der Waals surface area contributed by atoms with Gasteiger partial charge in [-0.3, -0.25) is 33.6 Å². The Morgan fingerprint density at radius 2 is 1.42 bits per heavy atom.